The number of barbiturate groups is 1. The first-order valence-corrected chi connectivity index (χ1v) is 7.55. The van der Waals surface area contributed by atoms with Crippen molar-refractivity contribution in [2.24, 2.45) is 0 Å². The molecule has 0 radical (unpaired) electrons. The van der Waals surface area contributed by atoms with Gasteiger partial charge < -0.3 is 9.15 Å². The second kappa shape index (κ2) is 6.64. The summed E-state index contributed by atoms with van der Waals surface area (Å²) in [5.74, 6) is -0.271. The van der Waals surface area contributed by atoms with Crippen LogP contribution in [-0.2, 0) is 16.1 Å². The smallest absolute Gasteiger partial charge is 0.331 e. The number of carbonyl (C=O) groups excluding carboxylic acids is 3. The second-order valence-corrected chi connectivity index (χ2v) is 5.51. The van der Waals surface area contributed by atoms with Gasteiger partial charge in [-0.05, 0) is 48.4 Å². The number of benzene rings is 1. The van der Waals surface area contributed by atoms with Crippen molar-refractivity contribution in [3.63, 3.8) is 0 Å². The number of nitrogens with one attached hydrogen (secondary N) is 1. The summed E-state index contributed by atoms with van der Waals surface area (Å²) in [6.45, 7) is 1.79. The molecule has 7 nitrogen and oxygen atoms in total. The van der Waals surface area contributed by atoms with Gasteiger partial charge in [0.15, 0.2) is 0 Å². The first-order valence-electron chi connectivity index (χ1n) is 7.55. The average molecular weight is 340 g/mol. The highest BCUT2D eigenvalue weighted by molar-refractivity contribution is 6.30. The molecule has 1 aliphatic heterocycles. The minimum atomic E-state index is -0.769. The molecule has 1 aliphatic rings. The van der Waals surface area contributed by atoms with E-state index in [1.54, 1.807) is 37.4 Å². The topological polar surface area (TPSA) is 88.8 Å². The lowest BCUT2D eigenvalue weighted by Crippen LogP contribution is -2.53. The fourth-order valence-corrected chi connectivity index (χ4v) is 2.49. The van der Waals surface area contributed by atoms with Gasteiger partial charge in [0, 0.05) is 0 Å². The van der Waals surface area contributed by atoms with Crippen molar-refractivity contribution in [1.29, 1.82) is 0 Å². The molecule has 0 saturated carbocycles. The maximum absolute atomic E-state index is 12.6. The Morgan fingerprint density at radius 2 is 2.04 bits per heavy atom. The molecule has 0 atom stereocenters. The van der Waals surface area contributed by atoms with Crippen LogP contribution in [0.5, 0.6) is 5.75 Å². The third kappa shape index (κ3) is 3.30. The van der Waals surface area contributed by atoms with Crippen LogP contribution < -0.4 is 10.1 Å². The normalized spacial score (nSPS) is 16.3. The van der Waals surface area contributed by atoms with Gasteiger partial charge in [-0.15, -0.1) is 0 Å². The molecule has 1 saturated heterocycles. The molecule has 0 unspecified atom stereocenters. The van der Waals surface area contributed by atoms with E-state index in [2.05, 4.69) is 5.32 Å². The van der Waals surface area contributed by atoms with Crippen molar-refractivity contribution in [2.45, 2.75) is 13.5 Å². The Hall–Kier alpha value is -3.35. The Morgan fingerprint density at radius 3 is 2.68 bits per heavy atom. The molecule has 1 aromatic carbocycles. The van der Waals surface area contributed by atoms with Gasteiger partial charge in [-0.1, -0.05) is 6.07 Å². The molecule has 0 bridgehead atoms. The summed E-state index contributed by atoms with van der Waals surface area (Å²) in [6.07, 6.45) is 2.91. The monoisotopic (exact) mass is 340 g/mol. The van der Waals surface area contributed by atoms with E-state index in [4.69, 9.17) is 9.15 Å². The van der Waals surface area contributed by atoms with Crippen molar-refractivity contribution in [3.8, 4) is 5.75 Å². The summed E-state index contributed by atoms with van der Waals surface area (Å²) < 4.78 is 10.3. The zero-order valence-corrected chi connectivity index (χ0v) is 13.7. The molecule has 4 amide bonds. The second-order valence-electron chi connectivity index (χ2n) is 5.51. The lowest BCUT2D eigenvalue weighted by Gasteiger charge is -2.25. The minimum absolute atomic E-state index is 0.0517. The third-order valence-electron chi connectivity index (χ3n) is 3.86. The SMILES string of the molecule is COc1ccc(/C=C2\C(=O)NC(=O)N(Cc3ccco3)C2=O)c(C)c1. The summed E-state index contributed by atoms with van der Waals surface area (Å²) in [6, 6.07) is 7.81. The van der Waals surface area contributed by atoms with E-state index in [1.807, 2.05) is 6.92 Å². The number of ether oxygens (including phenoxy) is 1. The highest BCUT2D eigenvalue weighted by Gasteiger charge is 2.36. The van der Waals surface area contributed by atoms with Crippen LogP contribution in [-0.4, -0.2) is 29.9 Å². The molecule has 0 aliphatic carbocycles. The fraction of sp³-hybridized carbons (Fsp3) is 0.167. The number of imide groups is 2. The molecular weight excluding hydrogens is 324 g/mol. The molecule has 2 aromatic rings. The van der Waals surface area contributed by atoms with Gasteiger partial charge in [-0.2, -0.15) is 0 Å². The van der Waals surface area contributed by atoms with Gasteiger partial charge in [0.1, 0.15) is 17.1 Å². The van der Waals surface area contributed by atoms with Crippen LogP contribution >= 0.6 is 0 Å². The average Bonchev–Trinajstić information content (AvgIpc) is 3.09. The van der Waals surface area contributed by atoms with E-state index in [9.17, 15) is 14.4 Å². The van der Waals surface area contributed by atoms with Crippen LogP contribution in [0.1, 0.15) is 16.9 Å². The number of furan rings is 1. The highest BCUT2D eigenvalue weighted by atomic mass is 16.5. The summed E-state index contributed by atoms with van der Waals surface area (Å²) in [5, 5.41) is 2.18. The number of amides is 4. The zero-order valence-electron chi connectivity index (χ0n) is 13.7. The summed E-state index contributed by atoms with van der Waals surface area (Å²) in [7, 11) is 1.56. The molecular formula is C18H16N2O5. The number of nitrogens with zero attached hydrogens (tertiary/aromatic N) is 1. The number of aryl methyl sites for hydroxylation is 1. The number of rotatable bonds is 4. The number of hydrogen-bond donors (Lipinski definition) is 1. The standard InChI is InChI=1S/C18H16N2O5/c1-11-8-13(24-2)6-5-12(11)9-15-16(21)19-18(23)20(17(15)22)10-14-4-3-7-25-14/h3-9H,10H2,1-2H3,(H,19,21,23)/b15-9+. The minimum Gasteiger partial charge on any atom is -0.497 e. The Labute approximate surface area is 143 Å². The number of carbonyl (C=O) groups is 3. The van der Waals surface area contributed by atoms with Gasteiger partial charge in [0.05, 0.1) is 19.9 Å². The van der Waals surface area contributed by atoms with E-state index < -0.39 is 17.8 Å². The molecule has 1 fully saturated rings. The predicted octanol–water partition coefficient (Wildman–Crippen LogP) is 2.26. The van der Waals surface area contributed by atoms with Gasteiger partial charge in [-0.3, -0.25) is 19.8 Å². The molecule has 7 heteroatoms. The largest absolute Gasteiger partial charge is 0.497 e. The number of urea groups is 1. The van der Waals surface area contributed by atoms with Crippen LogP contribution in [0.15, 0.2) is 46.6 Å². The van der Waals surface area contributed by atoms with Crippen molar-refractivity contribution < 1.29 is 23.5 Å². The van der Waals surface area contributed by atoms with Crippen molar-refractivity contribution in [1.82, 2.24) is 10.2 Å². The van der Waals surface area contributed by atoms with Crippen LogP contribution in [0, 0.1) is 6.92 Å². The van der Waals surface area contributed by atoms with Crippen molar-refractivity contribution in [2.75, 3.05) is 7.11 Å². The summed E-state index contributed by atoms with van der Waals surface area (Å²) >= 11 is 0. The quantitative estimate of drug-likeness (QED) is 0.681. The zero-order chi connectivity index (χ0) is 18.0. The van der Waals surface area contributed by atoms with Gasteiger partial charge in [0.25, 0.3) is 11.8 Å². The maximum Gasteiger partial charge on any atom is 0.331 e. The Balaban J connectivity index is 1.93. The Morgan fingerprint density at radius 1 is 1.24 bits per heavy atom. The highest BCUT2D eigenvalue weighted by Crippen LogP contribution is 2.22. The van der Waals surface area contributed by atoms with E-state index in [-0.39, 0.29) is 12.1 Å². The fourth-order valence-electron chi connectivity index (χ4n) is 2.49. The van der Waals surface area contributed by atoms with Gasteiger partial charge in [-0.25, -0.2) is 4.79 Å². The predicted molar refractivity (Wildman–Crippen MR) is 88.5 cm³/mol. The Bertz CT molecular complexity index is 868. The van der Waals surface area contributed by atoms with E-state index >= 15 is 0 Å². The third-order valence-corrected chi connectivity index (χ3v) is 3.86. The molecule has 2 heterocycles. The van der Waals surface area contributed by atoms with Crippen LogP contribution in [0.2, 0.25) is 0 Å². The summed E-state index contributed by atoms with van der Waals surface area (Å²) in [4.78, 5) is 37.6. The molecule has 128 valence electrons. The van der Waals surface area contributed by atoms with Crippen LogP contribution in [0.4, 0.5) is 4.79 Å². The maximum atomic E-state index is 12.6. The molecule has 3 rings (SSSR count). The molecule has 0 spiro atoms. The van der Waals surface area contributed by atoms with Crippen LogP contribution in [0.3, 0.4) is 0 Å². The van der Waals surface area contributed by atoms with E-state index in [1.165, 1.54) is 12.3 Å². The molecule has 1 N–H and O–H groups in total. The van der Waals surface area contributed by atoms with E-state index in [0.29, 0.717) is 17.1 Å². The number of hydrogen-bond acceptors (Lipinski definition) is 5. The lowest BCUT2D eigenvalue weighted by atomic mass is 10.0. The van der Waals surface area contributed by atoms with Gasteiger partial charge >= 0.3 is 6.03 Å². The van der Waals surface area contributed by atoms with Gasteiger partial charge in [0.2, 0.25) is 0 Å². The molecule has 1 aromatic heterocycles. The molecule has 25 heavy (non-hydrogen) atoms. The lowest BCUT2D eigenvalue weighted by molar-refractivity contribution is -0.130. The first-order chi connectivity index (χ1) is 12.0. The number of methoxy groups -OCH3 is 1. The Kier molecular flexibility index (Phi) is 4.38. The van der Waals surface area contributed by atoms with E-state index in [0.717, 1.165) is 10.5 Å². The first kappa shape index (κ1) is 16.5. The summed E-state index contributed by atoms with van der Waals surface area (Å²) in [5.41, 5.74) is 1.41. The van der Waals surface area contributed by atoms with Crippen molar-refractivity contribution >= 4 is 23.9 Å². The van der Waals surface area contributed by atoms with Crippen LogP contribution in [0.25, 0.3) is 6.08 Å². The van der Waals surface area contributed by atoms with Crippen molar-refractivity contribution in [3.05, 3.63) is 59.1 Å².